The largest absolute Gasteiger partial charge is 0.324 e. The van der Waals surface area contributed by atoms with Gasteiger partial charge in [-0.1, -0.05) is 35.9 Å². The monoisotopic (exact) mass is 447 g/mol. The molecule has 0 unspecified atom stereocenters. The van der Waals surface area contributed by atoms with Gasteiger partial charge in [0, 0.05) is 22.0 Å². The number of para-hydroxylation sites is 1. The van der Waals surface area contributed by atoms with Gasteiger partial charge in [0.05, 0.1) is 17.6 Å². The van der Waals surface area contributed by atoms with Gasteiger partial charge in [0.25, 0.3) is 5.56 Å². The molecule has 5 rings (SSSR count). The van der Waals surface area contributed by atoms with Gasteiger partial charge in [0.1, 0.15) is 12.1 Å². The van der Waals surface area contributed by atoms with Crippen LogP contribution in [0.1, 0.15) is 35.6 Å². The number of hydrogen-bond acceptors (Lipinski definition) is 4. The Morgan fingerprint density at radius 3 is 2.66 bits per heavy atom. The molecular weight excluding hydrogens is 426 g/mol. The first kappa shape index (κ1) is 20.5. The Morgan fingerprint density at radius 1 is 1.16 bits per heavy atom. The molecule has 0 aliphatic heterocycles. The maximum absolute atomic E-state index is 13.4. The van der Waals surface area contributed by atoms with Gasteiger partial charge in [-0.25, -0.2) is 9.36 Å². The molecule has 8 heteroatoms. The average molecular weight is 448 g/mol. The number of anilines is 1. The first-order valence-electron chi connectivity index (χ1n) is 10.5. The molecule has 2 heterocycles. The lowest BCUT2D eigenvalue weighted by Gasteiger charge is -2.12. The van der Waals surface area contributed by atoms with E-state index < -0.39 is 0 Å². The van der Waals surface area contributed by atoms with Crippen molar-refractivity contribution in [3.63, 3.8) is 0 Å². The lowest BCUT2D eigenvalue weighted by molar-refractivity contribution is -0.117. The number of rotatable bonds is 5. The number of carbonyl (C=O) groups excluding carboxylic acids is 1. The van der Waals surface area contributed by atoms with Crippen molar-refractivity contribution < 1.29 is 4.79 Å². The van der Waals surface area contributed by atoms with Crippen LogP contribution in [0.2, 0.25) is 5.02 Å². The van der Waals surface area contributed by atoms with E-state index in [0.717, 1.165) is 40.7 Å². The number of halogens is 1. The third kappa shape index (κ3) is 3.69. The first-order valence-corrected chi connectivity index (χ1v) is 10.9. The van der Waals surface area contributed by atoms with Gasteiger partial charge in [-0.3, -0.25) is 9.59 Å². The molecular formula is C24H22ClN5O2. The molecule has 4 aromatic rings. The highest BCUT2D eigenvalue weighted by Gasteiger charge is 2.30. The number of fused-ring (bicyclic) bond motifs is 1. The summed E-state index contributed by atoms with van der Waals surface area (Å²) >= 11 is 6.16. The molecule has 2 aromatic carbocycles. The van der Waals surface area contributed by atoms with E-state index in [1.165, 1.54) is 4.68 Å². The Bertz CT molecular complexity index is 1420. The molecule has 162 valence electrons. The number of hydrogen-bond donors (Lipinski definition) is 1. The van der Waals surface area contributed by atoms with Crippen molar-refractivity contribution >= 4 is 34.1 Å². The van der Waals surface area contributed by atoms with Crippen LogP contribution in [0.4, 0.5) is 5.69 Å². The van der Waals surface area contributed by atoms with E-state index in [9.17, 15) is 9.59 Å². The Hall–Kier alpha value is -3.45. The highest BCUT2D eigenvalue weighted by Crippen LogP contribution is 2.41. The minimum absolute atomic E-state index is 0.195. The number of nitrogens with zero attached hydrogens (tertiary/aromatic N) is 4. The van der Waals surface area contributed by atoms with Crippen molar-refractivity contribution in [2.45, 2.75) is 39.2 Å². The fraction of sp³-hybridized carbons (Fsp3) is 0.250. The third-order valence-corrected chi connectivity index (χ3v) is 6.17. The highest BCUT2D eigenvalue weighted by molar-refractivity contribution is 6.31. The van der Waals surface area contributed by atoms with Crippen LogP contribution >= 0.6 is 11.6 Å². The number of benzene rings is 2. The van der Waals surface area contributed by atoms with Crippen LogP contribution in [0.5, 0.6) is 0 Å². The van der Waals surface area contributed by atoms with Gasteiger partial charge < -0.3 is 5.32 Å². The maximum atomic E-state index is 13.4. The van der Waals surface area contributed by atoms with E-state index in [1.54, 1.807) is 23.0 Å². The zero-order valence-corrected chi connectivity index (χ0v) is 18.6. The molecule has 1 amide bonds. The number of carbonyl (C=O) groups is 1. The zero-order valence-electron chi connectivity index (χ0n) is 17.8. The zero-order chi connectivity index (χ0) is 22.4. The van der Waals surface area contributed by atoms with Crippen LogP contribution in [0, 0.1) is 13.8 Å². The summed E-state index contributed by atoms with van der Waals surface area (Å²) in [5.41, 5.74) is 4.26. The molecule has 1 saturated carbocycles. The second-order valence-corrected chi connectivity index (χ2v) is 8.65. The average Bonchev–Trinajstić information content (AvgIpc) is 3.51. The fourth-order valence-corrected chi connectivity index (χ4v) is 4.03. The standard InChI is InChI=1S/C24H22ClN5O2/c1-14-7-10-17(11-19(14)25)27-21(31)13-29-24(32)23-18(22(28-29)16-8-9-16)12-26-30(23)20-6-4-3-5-15(20)2/h3-7,10-12,16H,8-9,13H2,1-2H3,(H,27,31). The van der Waals surface area contributed by atoms with Gasteiger partial charge in [0.2, 0.25) is 5.91 Å². The summed E-state index contributed by atoms with van der Waals surface area (Å²) in [5, 5.41) is 13.2. The number of nitrogens with one attached hydrogen (secondary N) is 1. The molecule has 1 aliphatic carbocycles. The minimum Gasteiger partial charge on any atom is -0.324 e. The van der Waals surface area contributed by atoms with Gasteiger partial charge in [0.15, 0.2) is 0 Å². The SMILES string of the molecule is Cc1ccc(NC(=O)Cn2nc(C3CC3)c3cnn(-c4ccccc4C)c3c2=O)cc1Cl. The summed E-state index contributed by atoms with van der Waals surface area (Å²) in [6.07, 6.45) is 3.75. The van der Waals surface area contributed by atoms with E-state index in [2.05, 4.69) is 15.5 Å². The summed E-state index contributed by atoms with van der Waals surface area (Å²) in [5.74, 6) is -0.0552. The van der Waals surface area contributed by atoms with Crippen molar-refractivity contribution in [1.82, 2.24) is 19.6 Å². The molecule has 2 aromatic heterocycles. The predicted octanol–water partition coefficient (Wildman–Crippen LogP) is 4.37. The molecule has 1 aliphatic rings. The normalized spacial score (nSPS) is 13.5. The highest BCUT2D eigenvalue weighted by atomic mass is 35.5. The molecule has 1 fully saturated rings. The lowest BCUT2D eigenvalue weighted by atomic mass is 10.2. The Labute approximate surface area is 189 Å². The van der Waals surface area contributed by atoms with Gasteiger partial charge in [-0.15, -0.1) is 0 Å². The number of amides is 1. The molecule has 0 saturated heterocycles. The topological polar surface area (TPSA) is 81.8 Å². The Morgan fingerprint density at radius 2 is 1.94 bits per heavy atom. The number of aryl methyl sites for hydroxylation is 2. The maximum Gasteiger partial charge on any atom is 0.293 e. The summed E-state index contributed by atoms with van der Waals surface area (Å²) in [6, 6.07) is 13.1. The Balaban J connectivity index is 1.56. The minimum atomic E-state index is -0.345. The summed E-state index contributed by atoms with van der Waals surface area (Å²) in [7, 11) is 0. The van der Waals surface area contributed by atoms with Crippen LogP contribution in [0.15, 0.2) is 53.5 Å². The second-order valence-electron chi connectivity index (χ2n) is 8.24. The van der Waals surface area contributed by atoms with Gasteiger partial charge in [-0.2, -0.15) is 10.2 Å². The van der Waals surface area contributed by atoms with Crippen molar-refractivity contribution in [3.05, 3.63) is 80.9 Å². The fourth-order valence-electron chi connectivity index (χ4n) is 3.85. The quantitative estimate of drug-likeness (QED) is 0.492. The van der Waals surface area contributed by atoms with Gasteiger partial charge in [-0.05, 0) is 56.0 Å². The third-order valence-electron chi connectivity index (χ3n) is 5.77. The van der Waals surface area contributed by atoms with Crippen LogP contribution in [0.25, 0.3) is 16.6 Å². The summed E-state index contributed by atoms with van der Waals surface area (Å²) in [4.78, 5) is 26.1. The first-order chi connectivity index (χ1) is 15.4. The van der Waals surface area contributed by atoms with Crippen molar-refractivity contribution in [1.29, 1.82) is 0 Å². The van der Waals surface area contributed by atoms with Crippen molar-refractivity contribution in [2.24, 2.45) is 0 Å². The molecule has 0 bridgehead atoms. The molecule has 0 radical (unpaired) electrons. The van der Waals surface area contributed by atoms with E-state index in [-0.39, 0.29) is 23.9 Å². The Kier molecular flexibility index (Phi) is 5.06. The van der Waals surface area contributed by atoms with Crippen LogP contribution in [-0.4, -0.2) is 25.5 Å². The summed E-state index contributed by atoms with van der Waals surface area (Å²) in [6.45, 7) is 3.67. The van der Waals surface area contributed by atoms with Crippen molar-refractivity contribution in [2.75, 3.05) is 5.32 Å². The van der Waals surface area contributed by atoms with E-state index >= 15 is 0 Å². The van der Waals surface area contributed by atoms with E-state index in [1.807, 2.05) is 44.2 Å². The molecule has 7 nitrogen and oxygen atoms in total. The predicted molar refractivity (Wildman–Crippen MR) is 125 cm³/mol. The second kappa shape index (κ2) is 7.91. The van der Waals surface area contributed by atoms with Crippen LogP contribution in [0.3, 0.4) is 0 Å². The lowest BCUT2D eigenvalue weighted by Crippen LogP contribution is -2.31. The number of aromatic nitrogens is 4. The summed E-state index contributed by atoms with van der Waals surface area (Å²) < 4.78 is 2.91. The smallest absolute Gasteiger partial charge is 0.293 e. The van der Waals surface area contributed by atoms with Gasteiger partial charge >= 0.3 is 0 Å². The van der Waals surface area contributed by atoms with E-state index in [0.29, 0.717) is 16.2 Å². The van der Waals surface area contributed by atoms with Crippen LogP contribution < -0.4 is 10.9 Å². The molecule has 32 heavy (non-hydrogen) atoms. The van der Waals surface area contributed by atoms with E-state index in [4.69, 9.17) is 11.6 Å². The molecule has 1 N–H and O–H groups in total. The molecule has 0 spiro atoms. The van der Waals surface area contributed by atoms with Crippen LogP contribution in [-0.2, 0) is 11.3 Å². The van der Waals surface area contributed by atoms with Crippen molar-refractivity contribution in [3.8, 4) is 5.69 Å². The molecule has 0 atom stereocenters.